The molecule has 1 aliphatic heterocycles. The van der Waals surface area contributed by atoms with Gasteiger partial charge in [-0.3, -0.25) is 0 Å². The SMILES string of the molecule is CC(C)n1c(C2(C)CCCNC2)nc2c(F)cccc21. The minimum Gasteiger partial charge on any atom is -0.325 e. The molecule has 1 N–H and O–H groups in total. The summed E-state index contributed by atoms with van der Waals surface area (Å²) in [6, 6.07) is 5.50. The van der Waals surface area contributed by atoms with Gasteiger partial charge in [-0.2, -0.15) is 0 Å². The summed E-state index contributed by atoms with van der Waals surface area (Å²) in [4.78, 5) is 4.68. The maximum absolute atomic E-state index is 14.0. The highest BCUT2D eigenvalue weighted by Gasteiger charge is 2.35. The highest BCUT2D eigenvalue weighted by molar-refractivity contribution is 5.77. The monoisotopic (exact) mass is 275 g/mol. The molecular weight excluding hydrogens is 253 g/mol. The van der Waals surface area contributed by atoms with E-state index < -0.39 is 0 Å². The fraction of sp³-hybridized carbons (Fsp3) is 0.562. The van der Waals surface area contributed by atoms with Gasteiger partial charge >= 0.3 is 0 Å². The maximum Gasteiger partial charge on any atom is 0.151 e. The molecule has 0 radical (unpaired) electrons. The number of halogens is 1. The summed E-state index contributed by atoms with van der Waals surface area (Å²) in [5, 5.41) is 3.45. The van der Waals surface area contributed by atoms with Crippen LogP contribution in [0.2, 0.25) is 0 Å². The van der Waals surface area contributed by atoms with Gasteiger partial charge in [0.05, 0.1) is 5.52 Å². The number of hydrogen-bond donors (Lipinski definition) is 1. The minimum absolute atomic E-state index is 0.0199. The zero-order valence-electron chi connectivity index (χ0n) is 12.4. The van der Waals surface area contributed by atoms with Gasteiger partial charge in [0.1, 0.15) is 11.3 Å². The molecule has 108 valence electrons. The van der Waals surface area contributed by atoms with Gasteiger partial charge in [-0.05, 0) is 45.4 Å². The number of nitrogens with zero attached hydrogens (tertiary/aromatic N) is 2. The second kappa shape index (κ2) is 4.85. The maximum atomic E-state index is 14.0. The molecule has 0 saturated carbocycles. The molecule has 0 spiro atoms. The van der Waals surface area contributed by atoms with Gasteiger partial charge in [0.15, 0.2) is 5.82 Å². The average molecular weight is 275 g/mol. The second-order valence-electron chi connectivity index (χ2n) is 6.35. The number of fused-ring (bicyclic) bond motifs is 1. The molecule has 1 aliphatic rings. The molecule has 3 rings (SSSR count). The number of hydrogen-bond acceptors (Lipinski definition) is 2. The van der Waals surface area contributed by atoms with E-state index in [0.717, 1.165) is 37.3 Å². The average Bonchev–Trinajstić information content (AvgIpc) is 2.81. The molecule has 1 atom stereocenters. The Morgan fingerprint density at radius 1 is 1.40 bits per heavy atom. The van der Waals surface area contributed by atoms with Crippen molar-refractivity contribution in [1.29, 1.82) is 0 Å². The fourth-order valence-electron chi connectivity index (χ4n) is 3.28. The standard InChI is InChI=1S/C16H22FN3/c1-11(2)20-13-7-4-6-12(17)14(13)19-15(20)16(3)8-5-9-18-10-16/h4,6-7,11,18H,5,8-10H2,1-3H3. The number of nitrogens with one attached hydrogen (secondary N) is 1. The molecule has 2 aromatic rings. The van der Waals surface area contributed by atoms with Gasteiger partial charge in [0, 0.05) is 18.0 Å². The molecule has 1 unspecified atom stereocenters. The third kappa shape index (κ3) is 2.03. The lowest BCUT2D eigenvalue weighted by molar-refractivity contribution is 0.310. The van der Waals surface area contributed by atoms with Crippen molar-refractivity contribution in [1.82, 2.24) is 14.9 Å². The van der Waals surface area contributed by atoms with Gasteiger partial charge < -0.3 is 9.88 Å². The van der Waals surface area contributed by atoms with Crippen LogP contribution in [0, 0.1) is 5.82 Å². The van der Waals surface area contributed by atoms with Crippen molar-refractivity contribution in [3.63, 3.8) is 0 Å². The Morgan fingerprint density at radius 2 is 2.20 bits per heavy atom. The summed E-state index contributed by atoms with van der Waals surface area (Å²) in [6.07, 6.45) is 2.23. The van der Waals surface area contributed by atoms with Crippen molar-refractivity contribution >= 4 is 11.0 Å². The van der Waals surface area contributed by atoms with Gasteiger partial charge in [-0.15, -0.1) is 0 Å². The lowest BCUT2D eigenvalue weighted by Gasteiger charge is -2.34. The van der Waals surface area contributed by atoms with E-state index in [1.807, 2.05) is 6.07 Å². The van der Waals surface area contributed by atoms with Crippen LogP contribution in [0.3, 0.4) is 0 Å². The van der Waals surface area contributed by atoms with Crippen LogP contribution in [0.4, 0.5) is 4.39 Å². The van der Waals surface area contributed by atoms with Crippen molar-refractivity contribution in [2.24, 2.45) is 0 Å². The van der Waals surface area contributed by atoms with Crippen molar-refractivity contribution in [3.8, 4) is 0 Å². The Balaban J connectivity index is 2.24. The van der Waals surface area contributed by atoms with Crippen molar-refractivity contribution in [3.05, 3.63) is 29.8 Å². The first kappa shape index (κ1) is 13.6. The van der Waals surface area contributed by atoms with Gasteiger partial charge in [-0.1, -0.05) is 13.0 Å². The highest BCUT2D eigenvalue weighted by atomic mass is 19.1. The Morgan fingerprint density at radius 3 is 2.85 bits per heavy atom. The number of rotatable bonds is 2. The summed E-state index contributed by atoms with van der Waals surface area (Å²) >= 11 is 0. The van der Waals surface area contributed by atoms with E-state index in [9.17, 15) is 4.39 Å². The van der Waals surface area contributed by atoms with Gasteiger partial charge in [-0.25, -0.2) is 9.37 Å². The summed E-state index contributed by atoms with van der Waals surface area (Å²) in [5.74, 6) is 0.787. The molecule has 2 heterocycles. The van der Waals surface area contributed by atoms with E-state index >= 15 is 0 Å². The molecule has 0 amide bonds. The molecule has 1 aromatic heterocycles. The number of aromatic nitrogens is 2. The van der Waals surface area contributed by atoms with Gasteiger partial charge in [0.25, 0.3) is 0 Å². The summed E-state index contributed by atoms with van der Waals surface area (Å²) in [7, 11) is 0. The first-order valence-electron chi connectivity index (χ1n) is 7.40. The van der Waals surface area contributed by atoms with Crippen LogP contribution < -0.4 is 5.32 Å². The van der Waals surface area contributed by atoms with E-state index in [2.05, 4.69) is 35.6 Å². The molecule has 20 heavy (non-hydrogen) atoms. The fourth-order valence-corrected chi connectivity index (χ4v) is 3.28. The smallest absolute Gasteiger partial charge is 0.151 e. The summed E-state index contributed by atoms with van der Waals surface area (Å²) in [5.41, 5.74) is 1.39. The molecule has 3 nitrogen and oxygen atoms in total. The Kier molecular flexibility index (Phi) is 3.28. The summed E-state index contributed by atoms with van der Waals surface area (Å²) in [6.45, 7) is 8.47. The first-order chi connectivity index (χ1) is 9.53. The number of benzene rings is 1. The minimum atomic E-state index is -0.226. The van der Waals surface area contributed by atoms with Crippen LogP contribution in [0.5, 0.6) is 0 Å². The topological polar surface area (TPSA) is 29.9 Å². The van der Waals surface area contributed by atoms with E-state index in [-0.39, 0.29) is 17.3 Å². The molecule has 1 aromatic carbocycles. The molecule has 0 bridgehead atoms. The van der Waals surface area contributed by atoms with Crippen molar-refractivity contribution in [2.75, 3.05) is 13.1 Å². The van der Waals surface area contributed by atoms with Crippen LogP contribution in [-0.4, -0.2) is 22.6 Å². The van der Waals surface area contributed by atoms with Crippen molar-refractivity contribution < 1.29 is 4.39 Å². The molecule has 4 heteroatoms. The second-order valence-corrected chi connectivity index (χ2v) is 6.35. The third-order valence-corrected chi connectivity index (χ3v) is 4.32. The molecule has 1 fully saturated rings. The predicted octanol–water partition coefficient (Wildman–Crippen LogP) is 3.40. The summed E-state index contributed by atoms with van der Waals surface area (Å²) < 4.78 is 16.2. The van der Waals surface area contributed by atoms with E-state index in [1.54, 1.807) is 6.07 Å². The highest BCUT2D eigenvalue weighted by Crippen LogP contribution is 2.34. The normalized spacial score (nSPS) is 23.6. The first-order valence-corrected chi connectivity index (χ1v) is 7.40. The Hall–Kier alpha value is -1.42. The van der Waals surface area contributed by atoms with E-state index in [1.165, 1.54) is 6.07 Å². The van der Waals surface area contributed by atoms with E-state index in [4.69, 9.17) is 0 Å². The molecule has 0 aliphatic carbocycles. The number of para-hydroxylation sites is 1. The van der Waals surface area contributed by atoms with Crippen LogP contribution in [0.15, 0.2) is 18.2 Å². The van der Waals surface area contributed by atoms with Crippen LogP contribution in [0.1, 0.15) is 45.5 Å². The quantitative estimate of drug-likeness (QED) is 0.910. The van der Waals surface area contributed by atoms with Crippen molar-refractivity contribution in [2.45, 2.75) is 45.1 Å². The zero-order chi connectivity index (χ0) is 14.3. The van der Waals surface area contributed by atoms with Crippen LogP contribution >= 0.6 is 0 Å². The number of imidazole rings is 1. The largest absolute Gasteiger partial charge is 0.325 e. The van der Waals surface area contributed by atoms with E-state index in [0.29, 0.717) is 5.52 Å². The van der Waals surface area contributed by atoms with Crippen LogP contribution in [-0.2, 0) is 5.41 Å². The zero-order valence-corrected chi connectivity index (χ0v) is 12.4. The number of piperidine rings is 1. The molecular formula is C16H22FN3. The predicted molar refractivity (Wildman–Crippen MR) is 79.5 cm³/mol. The van der Waals surface area contributed by atoms with Gasteiger partial charge in [0.2, 0.25) is 0 Å². The Bertz CT molecular complexity index is 624. The molecule has 1 saturated heterocycles. The lowest BCUT2D eigenvalue weighted by Crippen LogP contribution is -2.43. The Labute approximate surface area is 119 Å². The van der Waals surface area contributed by atoms with Crippen LogP contribution in [0.25, 0.3) is 11.0 Å². The third-order valence-electron chi connectivity index (χ3n) is 4.32. The lowest BCUT2D eigenvalue weighted by atomic mass is 9.81.